The molecule has 4 heterocycles. The standard InChI is InChI=1S/C25H25FN4O6S2/c1-37(33)19-11-15(28-38(2,34)35)7-8-16(19)27-24(29-37)21-23(31)20-17-9-10-18(36-17)22(20)30(25(21)32)12-13-3-5-14(26)6-4-13/h3-8,11,17-18,20-22,28H,1,9-10,12H2,2H3,(H,27,29,33). The number of anilines is 2. The molecule has 38 heavy (non-hydrogen) atoms. The van der Waals surface area contributed by atoms with E-state index in [4.69, 9.17) is 4.74 Å². The third-order valence-corrected chi connectivity index (χ3v) is 9.54. The molecule has 1 amide bonds. The van der Waals surface area contributed by atoms with Gasteiger partial charge in [0.1, 0.15) is 11.7 Å². The van der Waals surface area contributed by atoms with Crippen LogP contribution in [-0.2, 0) is 40.6 Å². The number of fused-ring (bicyclic) bond motifs is 6. The highest BCUT2D eigenvalue weighted by Gasteiger charge is 2.62. The predicted octanol–water partition coefficient (Wildman–Crippen LogP) is 1.79. The molecule has 2 bridgehead atoms. The first kappa shape index (κ1) is 25.0. The van der Waals surface area contributed by atoms with Gasteiger partial charge in [0.05, 0.1) is 50.7 Å². The molecule has 3 fully saturated rings. The van der Waals surface area contributed by atoms with Gasteiger partial charge in [-0.1, -0.05) is 12.1 Å². The lowest BCUT2D eigenvalue weighted by Crippen LogP contribution is -2.62. The van der Waals surface area contributed by atoms with Crippen LogP contribution >= 0.6 is 0 Å². The molecule has 13 heteroatoms. The van der Waals surface area contributed by atoms with Crippen LogP contribution in [0.1, 0.15) is 18.4 Å². The molecular weight excluding hydrogens is 535 g/mol. The molecule has 6 unspecified atom stereocenters. The second kappa shape index (κ2) is 8.61. The second-order valence-electron chi connectivity index (χ2n) is 10.1. The maximum Gasteiger partial charge on any atom is 0.241 e. The fraction of sp³-hybridized carbons (Fsp3) is 0.360. The van der Waals surface area contributed by atoms with Crippen molar-refractivity contribution < 1.29 is 31.3 Å². The molecular formula is C25H25FN4O6S2. The van der Waals surface area contributed by atoms with Crippen LogP contribution in [0.4, 0.5) is 15.8 Å². The number of amidine groups is 1. The summed E-state index contributed by atoms with van der Waals surface area (Å²) in [4.78, 5) is 29.5. The molecule has 0 aromatic heterocycles. The van der Waals surface area contributed by atoms with Crippen molar-refractivity contribution in [1.29, 1.82) is 0 Å². The molecule has 2 N–H and O–H groups in total. The average Bonchev–Trinajstić information content (AvgIpc) is 3.45. The maximum absolute atomic E-state index is 13.9. The summed E-state index contributed by atoms with van der Waals surface area (Å²) in [5, 5.41) is 2.98. The first-order chi connectivity index (χ1) is 17.9. The summed E-state index contributed by atoms with van der Waals surface area (Å²) in [5.74, 6) is 0.510. The van der Waals surface area contributed by atoms with Crippen LogP contribution in [0, 0.1) is 17.7 Å². The Morgan fingerprint density at radius 1 is 1.18 bits per heavy atom. The van der Waals surface area contributed by atoms with Crippen molar-refractivity contribution in [3.8, 4) is 0 Å². The number of nitrogens with one attached hydrogen (secondary N) is 2. The van der Waals surface area contributed by atoms with Crippen LogP contribution in [0.25, 0.3) is 0 Å². The molecule has 6 atom stereocenters. The lowest BCUT2D eigenvalue weighted by molar-refractivity contribution is -0.151. The zero-order valence-electron chi connectivity index (χ0n) is 20.3. The Hall–Kier alpha value is -3.29. The van der Waals surface area contributed by atoms with Crippen LogP contribution in [0.15, 0.2) is 51.8 Å². The van der Waals surface area contributed by atoms with E-state index in [9.17, 15) is 26.6 Å². The number of carbonyl (C=O) groups excluding carboxylic acids is 2. The third kappa shape index (κ3) is 4.18. The summed E-state index contributed by atoms with van der Waals surface area (Å²) in [6.07, 6.45) is 1.84. The number of nitrogens with zero attached hydrogens (tertiary/aromatic N) is 2. The van der Waals surface area contributed by atoms with E-state index in [1.807, 2.05) is 0 Å². The molecule has 4 aliphatic rings. The van der Waals surface area contributed by atoms with Crippen molar-refractivity contribution in [2.75, 3.05) is 16.3 Å². The lowest BCUT2D eigenvalue weighted by Gasteiger charge is -2.44. The smallest absolute Gasteiger partial charge is 0.241 e. The summed E-state index contributed by atoms with van der Waals surface area (Å²) in [7, 11) is -6.96. The zero-order chi connectivity index (χ0) is 27.0. The first-order valence-corrected chi connectivity index (χ1v) is 15.6. The Bertz CT molecular complexity index is 1610. The largest absolute Gasteiger partial charge is 0.372 e. The molecule has 3 saturated heterocycles. The van der Waals surface area contributed by atoms with Gasteiger partial charge in [-0.2, -0.15) is 4.40 Å². The molecule has 2 aromatic rings. The predicted molar refractivity (Wildman–Crippen MR) is 140 cm³/mol. The van der Waals surface area contributed by atoms with Crippen molar-refractivity contribution in [1.82, 2.24) is 4.90 Å². The third-order valence-electron chi connectivity index (χ3n) is 7.41. The molecule has 10 nitrogen and oxygen atoms in total. The molecule has 4 aliphatic heterocycles. The van der Waals surface area contributed by atoms with Gasteiger partial charge in [-0.25, -0.2) is 17.0 Å². The summed E-state index contributed by atoms with van der Waals surface area (Å²) in [6, 6.07) is 9.70. The molecule has 2 aromatic carbocycles. The van der Waals surface area contributed by atoms with E-state index in [1.54, 1.807) is 17.0 Å². The Morgan fingerprint density at radius 3 is 2.61 bits per heavy atom. The van der Waals surface area contributed by atoms with E-state index >= 15 is 0 Å². The number of hydrogen-bond donors (Lipinski definition) is 2. The van der Waals surface area contributed by atoms with Gasteiger partial charge in [0.15, 0.2) is 11.7 Å². The van der Waals surface area contributed by atoms with Crippen molar-refractivity contribution in [2.24, 2.45) is 16.2 Å². The van der Waals surface area contributed by atoms with Crippen LogP contribution in [0.3, 0.4) is 0 Å². The summed E-state index contributed by atoms with van der Waals surface area (Å²) in [6.45, 7) is 0.154. The minimum Gasteiger partial charge on any atom is -0.372 e. The van der Waals surface area contributed by atoms with Gasteiger partial charge in [-0.05, 0) is 54.6 Å². The Kier molecular flexibility index (Phi) is 5.67. The van der Waals surface area contributed by atoms with Crippen LogP contribution < -0.4 is 10.0 Å². The van der Waals surface area contributed by atoms with Crippen LogP contribution in [0.5, 0.6) is 0 Å². The van der Waals surface area contributed by atoms with Gasteiger partial charge in [0, 0.05) is 12.2 Å². The highest BCUT2D eigenvalue weighted by molar-refractivity contribution is 7.99. The monoisotopic (exact) mass is 560 g/mol. The van der Waals surface area contributed by atoms with E-state index in [2.05, 4.69) is 20.3 Å². The first-order valence-electron chi connectivity index (χ1n) is 12.0. The van der Waals surface area contributed by atoms with Gasteiger partial charge >= 0.3 is 0 Å². The topological polar surface area (TPSA) is 134 Å². The SMILES string of the molecule is C=S1(=O)N=C(C2C(=O)C3C4CCC(O4)C3N(Cc3ccc(F)cc3)C2=O)Nc2ccc(NS(C)(=O)=O)cc21. The highest BCUT2D eigenvalue weighted by Crippen LogP contribution is 2.47. The summed E-state index contributed by atoms with van der Waals surface area (Å²) >= 11 is 0. The number of piperidine rings is 1. The Morgan fingerprint density at radius 2 is 1.89 bits per heavy atom. The van der Waals surface area contributed by atoms with Crippen LogP contribution in [-0.4, -0.2) is 65.4 Å². The van der Waals surface area contributed by atoms with Crippen molar-refractivity contribution in [2.45, 2.75) is 42.5 Å². The minimum atomic E-state index is -3.58. The summed E-state index contributed by atoms with van der Waals surface area (Å²) < 4.78 is 62.9. The number of hydrogen-bond acceptors (Lipinski definition) is 7. The molecule has 6 rings (SSSR count). The number of likely N-dealkylation sites (tertiary alicyclic amines) is 1. The lowest BCUT2D eigenvalue weighted by atomic mass is 9.73. The number of amides is 1. The molecule has 0 saturated carbocycles. The molecule has 0 radical (unpaired) electrons. The fourth-order valence-electron chi connectivity index (χ4n) is 5.91. The van der Waals surface area contributed by atoms with E-state index < -0.39 is 49.3 Å². The molecule has 0 aliphatic carbocycles. The number of carbonyl (C=O) groups is 2. The van der Waals surface area contributed by atoms with Gasteiger partial charge in [0.2, 0.25) is 15.9 Å². The zero-order valence-corrected chi connectivity index (χ0v) is 21.9. The average molecular weight is 561 g/mol. The van der Waals surface area contributed by atoms with Gasteiger partial charge in [-0.3, -0.25) is 14.3 Å². The van der Waals surface area contributed by atoms with Crippen molar-refractivity contribution in [3.63, 3.8) is 0 Å². The van der Waals surface area contributed by atoms with Gasteiger partial charge in [-0.15, -0.1) is 0 Å². The normalized spacial score (nSPS) is 31.9. The number of benzene rings is 2. The van der Waals surface area contributed by atoms with E-state index in [0.717, 1.165) is 12.7 Å². The Labute approximate surface area is 219 Å². The van der Waals surface area contributed by atoms with Crippen LogP contribution in [0.2, 0.25) is 0 Å². The molecule has 200 valence electrons. The highest BCUT2D eigenvalue weighted by atomic mass is 32.2. The van der Waals surface area contributed by atoms with E-state index in [-0.39, 0.29) is 41.0 Å². The number of Topliss-reactive ketones (excluding diaryl/α,β-unsaturated/α-hetero) is 1. The second-order valence-corrected chi connectivity index (χ2v) is 13.7. The van der Waals surface area contributed by atoms with E-state index in [0.29, 0.717) is 17.7 Å². The maximum atomic E-state index is 13.9. The quantitative estimate of drug-likeness (QED) is 0.421. The van der Waals surface area contributed by atoms with Crippen molar-refractivity contribution in [3.05, 3.63) is 53.8 Å². The van der Waals surface area contributed by atoms with Gasteiger partial charge in [0.25, 0.3) is 0 Å². The molecule has 0 spiro atoms. The number of rotatable bonds is 5. The fourth-order valence-corrected chi connectivity index (χ4v) is 7.81. The number of ether oxygens (including phenoxy) is 1. The minimum absolute atomic E-state index is 0.0679. The Balaban J connectivity index is 1.37. The number of ketones is 1. The van der Waals surface area contributed by atoms with E-state index in [1.165, 1.54) is 30.3 Å². The number of halogens is 1. The summed E-state index contributed by atoms with van der Waals surface area (Å²) in [5.41, 5.74) is 1.19. The van der Waals surface area contributed by atoms with Gasteiger partial charge < -0.3 is 15.0 Å². The number of sulfonamides is 1. The van der Waals surface area contributed by atoms with Crippen molar-refractivity contribution >= 4 is 54.5 Å².